The predicted molar refractivity (Wildman–Crippen MR) is 99.9 cm³/mol. The summed E-state index contributed by atoms with van der Waals surface area (Å²) in [5, 5.41) is 0. The van der Waals surface area contributed by atoms with Gasteiger partial charge in [0.2, 0.25) is 0 Å². The Morgan fingerprint density at radius 3 is 1.80 bits per heavy atom. The summed E-state index contributed by atoms with van der Waals surface area (Å²) < 4.78 is 25.5. The van der Waals surface area contributed by atoms with Crippen LogP contribution < -0.4 is 0 Å². The third kappa shape index (κ3) is 7.39. The van der Waals surface area contributed by atoms with Gasteiger partial charge in [0.15, 0.2) is 0 Å². The summed E-state index contributed by atoms with van der Waals surface area (Å²) in [6.45, 7) is 15.9. The first-order chi connectivity index (χ1) is 9.21. The summed E-state index contributed by atoms with van der Waals surface area (Å²) in [5.74, 6) is 0. The second-order valence-electron chi connectivity index (χ2n) is 7.16. The fraction of sp³-hybridized carbons (Fsp3) is 1.00. The van der Waals surface area contributed by atoms with E-state index in [-0.39, 0.29) is 0 Å². The molecule has 0 amide bonds. The molecule has 1 fully saturated rings. The molecule has 11 heteroatoms. The van der Waals surface area contributed by atoms with Crippen LogP contribution in [0, 0.1) is 0 Å². The number of hydrogen-bond donors (Lipinski definition) is 0. The van der Waals surface area contributed by atoms with Gasteiger partial charge in [-0.2, -0.15) is 0 Å². The maximum atomic E-state index is 5.86. The van der Waals surface area contributed by atoms with Crippen molar-refractivity contribution >= 4 is 55.8 Å². The molecule has 0 unspecified atom stereocenters. The molecule has 0 aliphatic carbocycles. The number of nitrogens with zero attached hydrogens (tertiary/aromatic N) is 1. The van der Waals surface area contributed by atoms with Crippen molar-refractivity contribution in [1.29, 1.82) is 0 Å². The summed E-state index contributed by atoms with van der Waals surface area (Å²) in [6.07, 6.45) is 1.20. The minimum Gasteiger partial charge on any atom is -0.425 e. The normalized spacial score (nSPS) is 26.2. The van der Waals surface area contributed by atoms with Crippen LogP contribution >= 0.6 is 0 Å². The van der Waals surface area contributed by atoms with Crippen LogP contribution in [0.4, 0.5) is 0 Å². The molecular weight excluding hydrogens is 355 g/mol. The second kappa shape index (κ2) is 8.66. The molecule has 0 aromatic rings. The van der Waals surface area contributed by atoms with Gasteiger partial charge in [0, 0.05) is 0 Å². The highest BCUT2D eigenvalue weighted by Crippen LogP contribution is 2.20. The number of hydrogen-bond acceptors (Lipinski definition) is 5. The highest BCUT2D eigenvalue weighted by molar-refractivity contribution is 6.89. The molecule has 1 aliphatic rings. The molecule has 0 spiro atoms. The Kier molecular flexibility index (Phi) is 8.29. The highest BCUT2D eigenvalue weighted by Gasteiger charge is 2.33. The first kappa shape index (κ1) is 19.1. The Balaban J connectivity index is 2.39. The van der Waals surface area contributed by atoms with Gasteiger partial charge >= 0.3 is 9.28 Å². The fourth-order valence-corrected chi connectivity index (χ4v) is 21.3. The average molecular weight is 386 g/mol. The zero-order valence-electron chi connectivity index (χ0n) is 13.9. The van der Waals surface area contributed by atoms with E-state index < -0.39 is 55.8 Å². The minimum absolute atomic E-state index is 0.742. The Bertz CT molecular complexity index is 263. The zero-order valence-corrected chi connectivity index (χ0v) is 21.3. The van der Waals surface area contributed by atoms with E-state index in [0.29, 0.717) is 0 Å². The zero-order chi connectivity index (χ0) is 15.2. The summed E-state index contributed by atoms with van der Waals surface area (Å²) in [6, 6.07) is 1.11. The Hall–Kier alpha value is 1.10. The Labute approximate surface area is 134 Å². The van der Waals surface area contributed by atoms with Crippen LogP contribution in [-0.4, -0.2) is 66.6 Å². The molecule has 0 saturated carbocycles. The third-order valence-corrected chi connectivity index (χ3v) is 18.6. The monoisotopic (exact) mass is 385 g/mol. The topological polar surface area (TPSA) is 40.2 Å². The maximum absolute atomic E-state index is 5.86. The lowest BCUT2D eigenvalue weighted by atomic mass is 10.5. The molecule has 0 bridgehead atoms. The molecule has 1 rings (SSSR count). The van der Waals surface area contributed by atoms with E-state index in [4.69, 9.17) is 16.5 Å². The fourth-order valence-electron chi connectivity index (χ4n) is 2.68. The van der Waals surface area contributed by atoms with Crippen molar-refractivity contribution in [1.82, 2.24) is 4.23 Å². The maximum Gasteiger partial charge on any atom is 0.303 e. The van der Waals surface area contributed by atoms with Crippen molar-refractivity contribution in [3.8, 4) is 0 Å². The molecular formula is C9H31NO4Si6. The smallest absolute Gasteiger partial charge is 0.303 e. The first-order valence-corrected chi connectivity index (χ1v) is 19.5. The summed E-state index contributed by atoms with van der Waals surface area (Å²) in [5.41, 5.74) is 0. The van der Waals surface area contributed by atoms with Gasteiger partial charge in [-0.1, -0.05) is 39.3 Å². The summed E-state index contributed by atoms with van der Waals surface area (Å²) in [7, 11) is -6.26. The van der Waals surface area contributed by atoms with E-state index in [1.54, 1.807) is 0 Å². The largest absolute Gasteiger partial charge is 0.425 e. The average Bonchev–Trinajstić information content (AvgIpc) is 2.22. The molecule has 0 aromatic heterocycles. The highest BCUT2D eigenvalue weighted by atomic mass is 28.4. The van der Waals surface area contributed by atoms with Crippen LogP contribution in [0.3, 0.4) is 0 Å². The van der Waals surface area contributed by atoms with E-state index in [2.05, 4.69) is 43.5 Å². The molecule has 0 aromatic carbocycles. The van der Waals surface area contributed by atoms with E-state index in [1.165, 1.54) is 13.0 Å². The molecule has 0 atom stereocenters. The van der Waals surface area contributed by atoms with Gasteiger partial charge in [-0.25, -0.2) is 0 Å². The van der Waals surface area contributed by atoms with Crippen LogP contribution in [0.2, 0.25) is 45.3 Å². The molecule has 0 N–H and O–H groups in total. The lowest BCUT2D eigenvalue weighted by Gasteiger charge is -2.43. The quantitative estimate of drug-likeness (QED) is 0.584. The lowest BCUT2D eigenvalue weighted by Crippen LogP contribution is -2.59. The van der Waals surface area contributed by atoms with E-state index in [0.717, 1.165) is 6.04 Å². The van der Waals surface area contributed by atoms with Gasteiger partial charge in [0.25, 0.3) is 30.0 Å². The van der Waals surface area contributed by atoms with Crippen molar-refractivity contribution in [3.63, 3.8) is 0 Å². The molecule has 1 aliphatic heterocycles. The van der Waals surface area contributed by atoms with Crippen molar-refractivity contribution in [2.75, 3.05) is 6.54 Å². The van der Waals surface area contributed by atoms with E-state index in [1.807, 2.05) is 0 Å². The molecule has 1 heterocycles. The van der Waals surface area contributed by atoms with Gasteiger partial charge in [-0.15, -0.1) is 0 Å². The van der Waals surface area contributed by atoms with Crippen LogP contribution in [0.5, 0.6) is 0 Å². The molecule has 5 nitrogen and oxygen atoms in total. The van der Waals surface area contributed by atoms with Crippen molar-refractivity contribution in [2.45, 2.75) is 51.7 Å². The number of rotatable bonds is 6. The lowest BCUT2D eigenvalue weighted by molar-refractivity contribution is 0.326. The van der Waals surface area contributed by atoms with Crippen molar-refractivity contribution in [2.24, 2.45) is 0 Å². The molecule has 120 valence electrons. The molecule has 1 saturated heterocycles. The molecule has 0 radical (unpaired) electrons. The summed E-state index contributed by atoms with van der Waals surface area (Å²) in [4.78, 5) is 0. The van der Waals surface area contributed by atoms with E-state index in [9.17, 15) is 0 Å². The van der Waals surface area contributed by atoms with Gasteiger partial charge in [-0.05, 0) is 19.0 Å². The second-order valence-corrected chi connectivity index (χ2v) is 25.4. The van der Waals surface area contributed by atoms with Gasteiger partial charge < -0.3 is 20.7 Å². The van der Waals surface area contributed by atoms with Crippen LogP contribution in [-0.2, 0) is 16.5 Å². The third-order valence-electron chi connectivity index (χ3n) is 3.28. The van der Waals surface area contributed by atoms with Gasteiger partial charge in [0.05, 0.1) is 0 Å². The minimum atomic E-state index is -1.47. The van der Waals surface area contributed by atoms with Crippen molar-refractivity contribution in [3.05, 3.63) is 0 Å². The van der Waals surface area contributed by atoms with Crippen LogP contribution in [0.1, 0.15) is 6.42 Å². The van der Waals surface area contributed by atoms with Gasteiger partial charge in [0.1, 0.15) is 16.5 Å². The van der Waals surface area contributed by atoms with Gasteiger partial charge in [-0.3, -0.25) is 0 Å². The van der Waals surface area contributed by atoms with Crippen molar-refractivity contribution < 1.29 is 16.5 Å². The Morgan fingerprint density at radius 1 is 0.850 bits per heavy atom. The Morgan fingerprint density at radius 2 is 1.35 bits per heavy atom. The predicted octanol–water partition coefficient (Wildman–Crippen LogP) is -0.355. The standard InChI is InChI=1S/C9H31NO4Si6/c1-19(2,3)10(20(4,5)6)8-7-9-18-13-16-11-15-12-17-14-18/h18H,7-9,15-17H2,1-6H3. The molecule has 20 heavy (non-hydrogen) atoms. The van der Waals surface area contributed by atoms with Crippen LogP contribution in [0.25, 0.3) is 0 Å². The first-order valence-electron chi connectivity index (χ1n) is 7.38. The van der Waals surface area contributed by atoms with Crippen LogP contribution in [0.15, 0.2) is 0 Å². The SMILES string of the molecule is C[Si](C)(C)N(CCC[SiH]1O[SiH2]O[SiH2]O[SiH2]O1)[Si](C)(C)C. The summed E-state index contributed by atoms with van der Waals surface area (Å²) >= 11 is 0. The van der Waals surface area contributed by atoms with E-state index >= 15 is 0 Å².